The minimum absolute atomic E-state index is 0.117. The second kappa shape index (κ2) is 4.85. The van der Waals surface area contributed by atoms with Gasteiger partial charge in [-0.25, -0.2) is 0 Å². The molecule has 2 aromatic carbocycles. The van der Waals surface area contributed by atoms with Gasteiger partial charge in [0.15, 0.2) is 0 Å². The maximum absolute atomic E-state index is 11.4. The third-order valence-electron chi connectivity index (χ3n) is 6.19. The molecule has 3 heteroatoms. The summed E-state index contributed by atoms with van der Waals surface area (Å²) in [6.45, 7) is 0. The predicted octanol–water partition coefficient (Wildman–Crippen LogP) is 4.04. The van der Waals surface area contributed by atoms with Crippen LogP contribution in [0.5, 0.6) is 5.75 Å². The molecule has 2 aromatic rings. The van der Waals surface area contributed by atoms with Crippen molar-refractivity contribution in [3.63, 3.8) is 0 Å². The summed E-state index contributed by atoms with van der Waals surface area (Å²) >= 11 is 0. The highest BCUT2D eigenvalue weighted by molar-refractivity contribution is 5.78. The van der Waals surface area contributed by atoms with Crippen LogP contribution >= 0.6 is 0 Å². The van der Waals surface area contributed by atoms with Crippen LogP contribution in [0.3, 0.4) is 0 Å². The summed E-state index contributed by atoms with van der Waals surface area (Å²) in [6, 6.07) is 14.8. The number of carbonyl (C=O) groups is 1. The highest BCUT2D eigenvalue weighted by Crippen LogP contribution is 2.62. The zero-order valence-corrected chi connectivity index (χ0v) is 13.5. The Hall–Kier alpha value is -2.29. The zero-order valence-electron chi connectivity index (χ0n) is 13.5. The molecule has 1 saturated carbocycles. The number of hydrogen-bond donors (Lipinski definition) is 1. The molecule has 1 spiro atoms. The Kier molecular flexibility index (Phi) is 2.85. The molecular weight excluding hydrogens is 300 g/mol. The molecular formula is C21H20O3. The largest absolute Gasteiger partial charge is 0.486 e. The summed E-state index contributed by atoms with van der Waals surface area (Å²) in [5.41, 5.74) is 5.08. The van der Waals surface area contributed by atoms with Gasteiger partial charge in [-0.1, -0.05) is 30.3 Å². The summed E-state index contributed by atoms with van der Waals surface area (Å²) in [6.07, 6.45) is 4.94. The van der Waals surface area contributed by atoms with Crippen molar-refractivity contribution in [1.82, 2.24) is 0 Å². The molecule has 3 nitrogen and oxygen atoms in total. The fourth-order valence-electron chi connectivity index (χ4n) is 4.81. The first-order chi connectivity index (χ1) is 11.7. The van der Waals surface area contributed by atoms with Crippen molar-refractivity contribution < 1.29 is 14.6 Å². The Bertz CT molecular complexity index is 841. The number of ether oxygens (including phenoxy) is 1. The van der Waals surface area contributed by atoms with Crippen molar-refractivity contribution >= 4 is 5.97 Å². The van der Waals surface area contributed by atoms with Gasteiger partial charge in [-0.3, -0.25) is 4.79 Å². The van der Waals surface area contributed by atoms with Gasteiger partial charge in [0.25, 0.3) is 0 Å². The Morgan fingerprint density at radius 3 is 2.83 bits per heavy atom. The Balaban J connectivity index is 1.44. The van der Waals surface area contributed by atoms with Crippen LogP contribution in [0, 0.1) is 5.92 Å². The first kappa shape index (κ1) is 14.1. The number of aryl methyl sites for hydroxylation is 2. The SMILES string of the molecule is O=C(O)[C@@H]1C[C@]12CCc1ccc(OC3CCc4ccccc43)cc12. The average Bonchev–Trinajstić information content (AvgIpc) is 3.04. The van der Waals surface area contributed by atoms with Gasteiger partial charge in [0.1, 0.15) is 11.9 Å². The van der Waals surface area contributed by atoms with Crippen LogP contribution in [0.15, 0.2) is 42.5 Å². The molecule has 1 fully saturated rings. The van der Waals surface area contributed by atoms with Crippen molar-refractivity contribution in [3.05, 3.63) is 64.7 Å². The highest BCUT2D eigenvalue weighted by Gasteiger charge is 2.61. The molecule has 0 aromatic heterocycles. The first-order valence-corrected chi connectivity index (χ1v) is 8.78. The average molecular weight is 320 g/mol. The first-order valence-electron chi connectivity index (χ1n) is 8.78. The second-order valence-corrected chi connectivity index (χ2v) is 7.41. The summed E-state index contributed by atoms with van der Waals surface area (Å²) < 4.78 is 6.30. The molecule has 0 heterocycles. The molecule has 0 amide bonds. The van der Waals surface area contributed by atoms with Gasteiger partial charge in [-0.2, -0.15) is 0 Å². The molecule has 0 radical (unpaired) electrons. The number of fused-ring (bicyclic) bond motifs is 3. The highest BCUT2D eigenvalue weighted by atomic mass is 16.5. The maximum atomic E-state index is 11.4. The fourth-order valence-corrected chi connectivity index (χ4v) is 4.81. The van der Waals surface area contributed by atoms with E-state index in [4.69, 9.17) is 4.74 Å². The Labute approximate surface area is 141 Å². The van der Waals surface area contributed by atoms with E-state index in [1.54, 1.807) is 0 Å². The number of rotatable bonds is 3. The van der Waals surface area contributed by atoms with E-state index < -0.39 is 5.97 Å². The van der Waals surface area contributed by atoms with Gasteiger partial charge in [0.2, 0.25) is 0 Å². The van der Waals surface area contributed by atoms with Gasteiger partial charge in [0, 0.05) is 5.41 Å². The lowest BCUT2D eigenvalue weighted by Crippen LogP contribution is -2.12. The van der Waals surface area contributed by atoms with Crippen LogP contribution in [0.1, 0.15) is 47.6 Å². The molecule has 24 heavy (non-hydrogen) atoms. The topological polar surface area (TPSA) is 46.5 Å². The van der Waals surface area contributed by atoms with Gasteiger partial charge >= 0.3 is 5.97 Å². The molecule has 1 unspecified atom stereocenters. The summed E-state index contributed by atoms with van der Waals surface area (Å²) in [5, 5.41) is 9.38. The number of hydrogen-bond acceptors (Lipinski definition) is 2. The number of carboxylic acids is 1. The number of aliphatic carboxylic acids is 1. The smallest absolute Gasteiger partial charge is 0.307 e. The van der Waals surface area contributed by atoms with E-state index in [1.165, 1.54) is 22.3 Å². The predicted molar refractivity (Wildman–Crippen MR) is 90.3 cm³/mol. The van der Waals surface area contributed by atoms with E-state index in [2.05, 4.69) is 42.5 Å². The van der Waals surface area contributed by atoms with Crippen LogP contribution < -0.4 is 4.74 Å². The van der Waals surface area contributed by atoms with Crippen molar-refractivity contribution in [1.29, 1.82) is 0 Å². The van der Waals surface area contributed by atoms with E-state index in [0.717, 1.165) is 37.9 Å². The molecule has 1 N–H and O–H groups in total. The van der Waals surface area contributed by atoms with Gasteiger partial charge in [-0.15, -0.1) is 0 Å². The standard InChI is InChI=1S/C21H20O3/c22-20(23)18-12-21(18)10-9-14-5-7-15(11-17(14)21)24-19-8-6-13-3-1-2-4-16(13)19/h1-5,7,11,18-19H,6,8-10,12H2,(H,22,23)/t18-,19?,21-/m0/s1. The third kappa shape index (κ3) is 1.94. The van der Waals surface area contributed by atoms with E-state index in [1.807, 2.05) is 0 Å². The molecule has 3 atom stereocenters. The van der Waals surface area contributed by atoms with Crippen LogP contribution in [0.4, 0.5) is 0 Å². The van der Waals surface area contributed by atoms with Crippen LogP contribution in [-0.4, -0.2) is 11.1 Å². The molecule has 3 aliphatic rings. The lowest BCUT2D eigenvalue weighted by atomic mass is 9.95. The second-order valence-electron chi connectivity index (χ2n) is 7.41. The van der Waals surface area contributed by atoms with Gasteiger partial charge in [-0.05, 0) is 66.5 Å². The normalized spacial score (nSPS) is 29.3. The van der Waals surface area contributed by atoms with Gasteiger partial charge < -0.3 is 9.84 Å². The molecule has 3 aliphatic carbocycles. The molecule has 0 aliphatic heterocycles. The number of benzene rings is 2. The van der Waals surface area contributed by atoms with E-state index in [0.29, 0.717) is 0 Å². The van der Waals surface area contributed by atoms with Crippen LogP contribution in [-0.2, 0) is 23.1 Å². The van der Waals surface area contributed by atoms with Gasteiger partial charge in [0.05, 0.1) is 5.92 Å². The summed E-state index contributed by atoms with van der Waals surface area (Å²) in [7, 11) is 0. The molecule has 0 bridgehead atoms. The molecule has 122 valence electrons. The van der Waals surface area contributed by atoms with E-state index in [-0.39, 0.29) is 17.4 Å². The third-order valence-corrected chi connectivity index (χ3v) is 6.19. The van der Waals surface area contributed by atoms with E-state index in [9.17, 15) is 9.90 Å². The Morgan fingerprint density at radius 2 is 2.00 bits per heavy atom. The summed E-state index contributed by atoms with van der Waals surface area (Å²) in [5.74, 6) is 0.0212. The zero-order chi connectivity index (χ0) is 16.3. The van der Waals surface area contributed by atoms with Crippen molar-refractivity contribution in [2.24, 2.45) is 5.92 Å². The number of carboxylic acid groups (broad SMARTS) is 1. The van der Waals surface area contributed by atoms with Crippen molar-refractivity contribution in [2.45, 2.75) is 43.6 Å². The van der Waals surface area contributed by atoms with Crippen LogP contribution in [0.2, 0.25) is 0 Å². The molecule has 0 saturated heterocycles. The van der Waals surface area contributed by atoms with Crippen LogP contribution in [0.25, 0.3) is 0 Å². The fraction of sp³-hybridized carbons (Fsp3) is 0.381. The lowest BCUT2D eigenvalue weighted by Gasteiger charge is -2.17. The lowest BCUT2D eigenvalue weighted by molar-refractivity contribution is -0.139. The monoisotopic (exact) mass is 320 g/mol. The maximum Gasteiger partial charge on any atom is 0.307 e. The minimum Gasteiger partial charge on any atom is -0.486 e. The van der Waals surface area contributed by atoms with Crippen molar-refractivity contribution in [3.8, 4) is 5.75 Å². The molecule has 5 rings (SSSR count). The van der Waals surface area contributed by atoms with E-state index >= 15 is 0 Å². The Morgan fingerprint density at radius 1 is 1.12 bits per heavy atom. The summed E-state index contributed by atoms with van der Waals surface area (Å²) in [4.78, 5) is 11.4. The minimum atomic E-state index is -0.654. The quantitative estimate of drug-likeness (QED) is 0.928. The van der Waals surface area contributed by atoms with Crippen molar-refractivity contribution in [2.75, 3.05) is 0 Å².